The molecule has 0 fully saturated rings. The van der Waals surface area contributed by atoms with Crippen molar-refractivity contribution in [1.29, 1.82) is 0 Å². The van der Waals surface area contributed by atoms with Crippen molar-refractivity contribution < 1.29 is 9.90 Å². The van der Waals surface area contributed by atoms with E-state index in [2.05, 4.69) is 10.3 Å². The van der Waals surface area contributed by atoms with E-state index in [0.717, 1.165) is 15.7 Å². The van der Waals surface area contributed by atoms with Crippen molar-refractivity contribution in [1.82, 2.24) is 14.1 Å². The molecular weight excluding hydrogens is 360 g/mol. The fourth-order valence-electron chi connectivity index (χ4n) is 2.87. The number of aromatic nitrogens is 3. The number of nitrogens with zero attached hydrogens (tertiary/aromatic N) is 3. The lowest BCUT2D eigenvalue weighted by molar-refractivity contribution is -0.137. The molecule has 0 saturated heterocycles. The van der Waals surface area contributed by atoms with E-state index < -0.39 is 17.7 Å². The summed E-state index contributed by atoms with van der Waals surface area (Å²) in [5.41, 5.74) is 1.52. The second kappa shape index (κ2) is 8.34. The highest BCUT2D eigenvalue weighted by atomic mass is 16.4. The highest BCUT2D eigenvalue weighted by Gasteiger charge is 2.18. The van der Waals surface area contributed by atoms with E-state index in [9.17, 15) is 19.5 Å². The van der Waals surface area contributed by atoms with Crippen molar-refractivity contribution >= 4 is 11.7 Å². The van der Waals surface area contributed by atoms with Crippen LogP contribution in [0.2, 0.25) is 0 Å². The summed E-state index contributed by atoms with van der Waals surface area (Å²) < 4.78 is 2.48. The Morgan fingerprint density at radius 1 is 1.18 bits per heavy atom. The van der Waals surface area contributed by atoms with Crippen molar-refractivity contribution in [2.24, 2.45) is 7.05 Å². The van der Waals surface area contributed by atoms with Crippen LogP contribution in [0.5, 0.6) is 0 Å². The third-order valence-corrected chi connectivity index (χ3v) is 4.34. The zero-order valence-electron chi connectivity index (χ0n) is 15.3. The van der Waals surface area contributed by atoms with Gasteiger partial charge in [0.05, 0.1) is 12.2 Å². The average Bonchev–Trinajstić information content (AvgIpc) is 2.69. The topological polar surface area (TPSA) is 106 Å². The number of carboxylic acids is 1. The summed E-state index contributed by atoms with van der Waals surface area (Å²) in [6.45, 7) is 0.286. The van der Waals surface area contributed by atoms with Crippen LogP contribution in [0.3, 0.4) is 0 Å². The fraction of sp³-hybridized carbons (Fsp3) is 0.200. The maximum absolute atomic E-state index is 12.2. The number of carbonyl (C=O) groups is 1. The monoisotopic (exact) mass is 380 g/mol. The molecule has 0 aliphatic carbocycles. The molecule has 8 nitrogen and oxygen atoms in total. The third-order valence-electron chi connectivity index (χ3n) is 4.34. The predicted molar refractivity (Wildman–Crippen MR) is 104 cm³/mol. The Labute approximate surface area is 160 Å². The molecule has 28 heavy (non-hydrogen) atoms. The Morgan fingerprint density at radius 2 is 1.96 bits per heavy atom. The Bertz CT molecular complexity index is 1090. The highest BCUT2D eigenvalue weighted by Crippen LogP contribution is 2.13. The number of hydrogen-bond donors (Lipinski definition) is 2. The van der Waals surface area contributed by atoms with Gasteiger partial charge in [-0.3, -0.25) is 18.9 Å². The van der Waals surface area contributed by atoms with Gasteiger partial charge in [0.25, 0.3) is 5.56 Å². The van der Waals surface area contributed by atoms with E-state index in [1.807, 2.05) is 24.3 Å². The molecule has 2 aromatic heterocycles. The minimum Gasteiger partial charge on any atom is -0.480 e. The lowest BCUT2D eigenvalue weighted by atomic mass is 10.0. The Hall–Kier alpha value is -3.68. The molecule has 0 amide bonds. The van der Waals surface area contributed by atoms with Gasteiger partial charge < -0.3 is 10.4 Å². The Kier molecular flexibility index (Phi) is 5.69. The number of benzene rings is 1. The zero-order chi connectivity index (χ0) is 20.1. The normalized spacial score (nSPS) is 11.8. The summed E-state index contributed by atoms with van der Waals surface area (Å²) in [6.07, 6.45) is 4.91. The van der Waals surface area contributed by atoms with Crippen molar-refractivity contribution in [3.63, 3.8) is 0 Å². The molecule has 0 radical (unpaired) electrons. The first-order valence-corrected chi connectivity index (χ1v) is 8.67. The van der Waals surface area contributed by atoms with E-state index in [1.165, 1.54) is 23.9 Å². The average molecular weight is 380 g/mol. The summed E-state index contributed by atoms with van der Waals surface area (Å²) in [4.78, 5) is 39.3. The van der Waals surface area contributed by atoms with Gasteiger partial charge in [0.15, 0.2) is 0 Å². The van der Waals surface area contributed by atoms with Crippen molar-refractivity contribution in [2.75, 3.05) is 5.32 Å². The van der Waals surface area contributed by atoms with Gasteiger partial charge in [0, 0.05) is 38.1 Å². The van der Waals surface area contributed by atoms with E-state index >= 15 is 0 Å². The summed E-state index contributed by atoms with van der Waals surface area (Å²) in [6, 6.07) is 11.4. The number of nitrogens with one attached hydrogen (secondary N) is 1. The number of rotatable bonds is 7. The molecule has 3 rings (SSSR count). The number of aliphatic carboxylic acids is 1. The molecule has 8 heteroatoms. The highest BCUT2D eigenvalue weighted by molar-refractivity contribution is 5.77. The van der Waals surface area contributed by atoms with Crippen molar-refractivity contribution in [3.05, 3.63) is 93.0 Å². The van der Waals surface area contributed by atoms with Gasteiger partial charge >= 0.3 is 11.7 Å². The second-order valence-corrected chi connectivity index (χ2v) is 6.42. The number of anilines is 1. The van der Waals surface area contributed by atoms with Crippen LogP contribution in [0.15, 0.2) is 70.6 Å². The smallest absolute Gasteiger partial charge is 0.331 e. The molecule has 2 heterocycles. The van der Waals surface area contributed by atoms with E-state index in [0.29, 0.717) is 5.69 Å². The molecule has 1 atom stereocenters. The third kappa shape index (κ3) is 4.53. The molecule has 0 bridgehead atoms. The maximum Gasteiger partial charge on any atom is 0.331 e. The van der Waals surface area contributed by atoms with Gasteiger partial charge in [0.1, 0.15) is 6.04 Å². The standard InChI is InChI=1S/C20H20N4O4/c1-23-18(25)7-9-24(20(23)28)13-15-5-2-4-14(10-15)11-17(19(26)27)22-16-6-3-8-21-12-16/h2-10,12,17,22H,11,13H2,1H3,(H,26,27). The summed E-state index contributed by atoms with van der Waals surface area (Å²) in [7, 11) is 1.43. The van der Waals surface area contributed by atoms with Crippen LogP contribution >= 0.6 is 0 Å². The Balaban J connectivity index is 1.78. The molecular formula is C20H20N4O4. The van der Waals surface area contributed by atoms with Crippen LogP contribution in [0.1, 0.15) is 11.1 Å². The lowest BCUT2D eigenvalue weighted by Gasteiger charge is -2.16. The predicted octanol–water partition coefficient (Wildman–Crippen LogP) is 1.10. The van der Waals surface area contributed by atoms with Crippen LogP contribution in [-0.4, -0.2) is 31.2 Å². The number of pyridine rings is 1. The van der Waals surface area contributed by atoms with Crippen LogP contribution in [0.25, 0.3) is 0 Å². The van der Waals surface area contributed by atoms with Crippen molar-refractivity contribution in [2.45, 2.75) is 19.0 Å². The van der Waals surface area contributed by atoms with Gasteiger partial charge in [-0.05, 0) is 23.3 Å². The fourth-order valence-corrected chi connectivity index (χ4v) is 2.87. The second-order valence-electron chi connectivity index (χ2n) is 6.42. The lowest BCUT2D eigenvalue weighted by Crippen LogP contribution is -2.37. The molecule has 0 aliphatic heterocycles. The van der Waals surface area contributed by atoms with Crippen LogP contribution in [-0.2, 0) is 24.8 Å². The molecule has 0 saturated carbocycles. The molecule has 0 aliphatic rings. The first-order valence-electron chi connectivity index (χ1n) is 8.67. The van der Waals surface area contributed by atoms with Gasteiger partial charge in [-0.2, -0.15) is 0 Å². The van der Waals surface area contributed by atoms with E-state index in [-0.39, 0.29) is 18.5 Å². The summed E-state index contributed by atoms with van der Waals surface area (Å²) in [5, 5.41) is 12.5. The summed E-state index contributed by atoms with van der Waals surface area (Å²) in [5.74, 6) is -0.969. The maximum atomic E-state index is 12.2. The molecule has 144 valence electrons. The van der Waals surface area contributed by atoms with Crippen LogP contribution in [0, 0.1) is 0 Å². The molecule has 3 aromatic rings. The molecule has 1 aromatic carbocycles. The first-order chi connectivity index (χ1) is 13.4. The van der Waals surface area contributed by atoms with Crippen molar-refractivity contribution in [3.8, 4) is 0 Å². The van der Waals surface area contributed by atoms with Crippen LogP contribution < -0.4 is 16.6 Å². The van der Waals surface area contributed by atoms with Crippen LogP contribution in [0.4, 0.5) is 5.69 Å². The largest absolute Gasteiger partial charge is 0.480 e. The number of hydrogen-bond acceptors (Lipinski definition) is 5. The van der Waals surface area contributed by atoms with Gasteiger partial charge in [-0.1, -0.05) is 24.3 Å². The zero-order valence-corrected chi connectivity index (χ0v) is 15.3. The Morgan fingerprint density at radius 3 is 2.68 bits per heavy atom. The number of carboxylic acid groups (broad SMARTS) is 1. The quantitative estimate of drug-likeness (QED) is 0.636. The molecule has 1 unspecified atom stereocenters. The molecule has 2 N–H and O–H groups in total. The van der Waals surface area contributed by atoms with E-state index in [1.54, 1.807) is 24.5 Å². The van der Waals surface area contributed by atoms with Gasteiger partial charge in [-0.25, -0.2) is 9.59 Å². The van der Waals surface area contributed by atoms with Gasteiger partial charge in [-0.15, -0.1) is 0 Å². The molecule has 0 spiro atoms. The first kappa shape index (κ1) is 19.1. The minimum atomic E-state index is -0.969. The van der Waals surface area contributed by atoms with Gasteiger partial charge in [0.2, 0.25) is 0 Å². The van der Waals surface area contributed by atoms with E-state index in [4.69, 9.17) is 0 Å². The summed E-state index contributed by atoms with van der Waals surface area (Å²) >= 11 is 0. The SMILES string of the molecule is Cn1c(=O)ccn(Cc2cccc(CC(Nc3cccnc3)C(=O)O)c2)c1=O. The minimum absolute atomic E-state index is 0.264.